The lowest BCUT2D eigenvalue weighted by molar-refractivity contribution is -0.122. The second-order valence-corrected chi connectivity index (χ2v) is 11.1. The molecule has 9 nitrogen and oxygen atoms in total. The summed E-state index contributed by atoms with van der Waals surface area (Å²) in [7, 11) is -3.88. The third kappa shape index (κ3) is 7.62. The Morgan fingerprint density at radius 1 is 1.03 bits per heavy atom. The normalized spacial score (nSPS) is 11.2. The Kier molecular flexibility index (Phi) is 8.93. The maximum atomic E-state index is 12.6. The molecule has 0 radical (unpaired) electrons. The fourth-order valence-corrected chi connectivity index (χ4v) is 5.22. The van der Waals surface area contributed by atoms with Gasteiger partial charge in [0.15, 0.2) is 12.4 Å². The Morgan fingerprint density at radius 2 is 1.78 bits per heavy atom. The third-order valence-corrected chi connectivity index (χ3v) is 7.61. The topological polar surface area (TPSA) is 126 Å². The first kappa shape index (κ1) is 26.8. The smallest absolute Gasteiger partial charge is 0.261 e. The number of halogens is 2. The van der Waals surface area contributed by atoms with E-state index in [2.05, 4.69) is 25.2 Å². The number of nitrogens with one attached hydrogen (secondary N) is 3. The molecule has 192 valence electrons. The number of hydrogen-bond donors (Lipinski definition) is 3. The highest BCUT2D eigenvalue weighted by Crippen LogP contribution is 2.28. The zero-order chi connectivity index (χ0) is 26.3. The average Bonchev–Trinajstić information content (AvgIpc) is 3.37. The van der Waals surface area contributed by atoms with Gasteiger partial charge in [0.2, 0.25) is 5.16 Å². The number of anilines is 1. The van der Waals surface area contributed by atoms with E-state index in [1.165, 1.54) is 30.0 Å². The summed E-state index contributed by atoms with van der Waals surface area (Å²) in [5.41, 5.74) is 1.30. The Balaban J connectivity index is 1.22. The van der Waals surface area contributed by atoms with Crippen LogP contribution in [0.5, 0.6) is 5.75 Å². The van der Waals surface area contributed by atoms with Gasteiger partial charge in [0.05, 0.1) is 9.92 Å². The van der Waals surface area contributed by atoms with Gasteiger partial charge in [-0.1, -0.05) is 65.3 Å². The van der Waals surface area contributed by atoms with Gasteiger partial charge in [-0.3, -0.25) is 14.6 Å². The molecular weight excluding hydrogens is 557 g/mol. The largest absolute Gasteiger partial charge is 0.482 e. The van der Waals surface area contributed by atoms with Crippen molar-refractivity contribution in [2.24, 2.45) is 0 Å². The van der Waals surface area contributed by atoms with Crippen molar-refractivity contribution in [3.63, 3.8) is 0 Å². The summed E-state index contributed by atoms with van der Waals surface area (Å²) in [4.78, 5) is 16.5. The van der Waals surface area contributed by atoms with Crippen molar-refractivity contribution in [3.05, 3.63) is 82.8 Å². The van der Waals surface area contributed by atoms with Gasteiger partial charge in [-0.05, 0) is 42.5 Å². The second-order valence-electron chi connectivity index (χ2n) is 7.52. The maximum absolute atomic E-state index is 12.6. The first-order valence-corrected chi connectivity index (χ1v) is 14.1. The number of thioether (sulfide) groups is 1. The quantitative estimate of drug-likeness (QED) is 0.171. The van der Waals surface area contributed by atoms with Crippen molar-refractivity contribution in [1.82, 2.24) is 20.5 Å². The van der Waals surface area contributed by atoms with Crippen molar-refractivity contribution >= 4 is 56.6 Å². The van der Waals surface area contributed by atoms with E-state index in [4.69, 9.17) is 27.9 Å². The number of benzene rings is 3. The molecular formula is C24H21Cl2N5O4S2. The van der Waals surface area contributed by atoms with E-state index in [0.717, 1.165) is 5.56 Å². The van der Waals surface area contributed by atoms with E-state index in [-0.39, 0.29) is 28.2 Å². The van der Waals surface area contributed by atoms with Gasteiger partial charge in [-0.15, -0.1) is 5.10 Å². The van der Waals surface area contributed by atoms with Crippen LogP contribution in [0.3, 0.4) is 0 Å². The molecule has 1 aromatic heterocycles. The predicted molar refractivity (Wildman–Crippen MR) is 145 cm³/mol. The standard InChI is InChI=1S/C24H21Cl2N5O4S2/c25-17-6-8-18(9-7-17)31-37(33,34)19-10-11-21(20(26)14-19)35-15-22(32)27-12-13-36-24-28-23(29-30-24)16-4-2-1-3-5-16/h1-11,14,31H,12-13,15H2,(H,27,32)(H,28,29,30). The number of carbonyl (C=O) groups is 1. The fraction of sp³-hybridized carbons (Fsp3) is 0.125. The Labute approximate surface area is 228 Å². The molecule has 4 aromatic rings. The highest BCUT2D eigenvalue weighted by Gasteiger charge is 2.17. The number of aromatic nitrogens is 3. The Morgan fingerprint density at radius 3 is 2.51 bits per heavy atom. The zero-order valence-electron chi connectivity index (χ0n) is 19.1. The summed E-state index contributed by atoms with van der Waals surface area (Å²) in [5, 5.41) is 10.9. The molecule has 0 aliphatic carbocycles. The maximum Gasteiger partial charge on any atom is 0.261 e. The van der Waals surface area contributed by atoms with Crippen molar-refractivity contribution in [2.45, 2.75) is 10.1 Å². The molecule has 37 heavy (non-hydrogen) atoms. The molecule has 0 saturated heterocycles. The van der Waals surface area contributed by atoms with Gasteiger partial charge in [-0.2, -0.15) is 0 Å². The van der Waals surface area contributed by atoms with Crippen LogP contribution in [-0.4, -0.2) is 48.4 Å². The van der Waals surface area contributed by atoms with Crippen LogP contribution in [0.15, 0.2) is 82.8 Å². The van der Waals surface area contributed by atoms with E-state index >= 15 is 0 Å². The summed E-state index contributed by atoms with van der Waals surface area (Å²) < 4.78 is 33.1. The molecule has 0 aliphatic rings. The van der Waals surface area contributed by atoms with Crippen LogP contribution >= 0.6 is 35.0 Å². The molecule has 0 bridgehead atoms. The van der Waals surface area contributed by atoms with Crippen molar-refractivity contribution in [1.29, 1.82) is 0 Å². The first-order chi connectivity index (χ1) is 17.8. The lowest BCUT2D eigenvalue weighted by atomic mass is 10.2. The summed E-state index contributed by atoms with van der Waals surface area (Å²) in [6, 6.07) is 19.9. The Hall–Kier alpha value is -3.25. The van der Waals surface area contributed by atoms with Crippen LogP contribution in [0, 0.1) is 0 Å². The number of H-pyrrole nitrogens is 1. The van der Waals surface area contributed by atoms with E-state index in [1.54, 1.807) is 24.3 Å². The third-order valence-electron chi connectivity index (χ3n) is 4.84. The predicted octanol–water partition coefficient (Wildman–Crippen LogP) is 4.87. The van der Waals surface area contributed by atoms with Gasteiger partial charge in [0, 0.05) is 28.6 Å². The molecule has 0 saturated carbocycles. The number of carbonyl (C=O) groups excluding carboxylic acids is 1. The molecule has 3 aromatic carbocycles. The molecule has 13 heteroatoms. The van der Waals surface area contributed by atoms with Crippen molar-refractivity contribution in [2.75, 3.05) is 23.6 Å². The highest BCUT2D eigenvalue weighted by atomic mass is 35.5. The minimum Gasteiger partial charge on any atom is -0.482 e. The minimum absolute atomic E-state index is 0.0522. The van der Waals surface area contributed by atoms with Crippen LogP contribution in [0.4, 0.5) is 5.69 Å². The minimum atomic E-state index is -3.88. The lowest BCUT2D eigenvalue weighted by Crippen LogP contribution is -2.30. The van der Waals surface area contributed by atoms with Gasteiger partial charge in [0.1, 0.15) is 5.75 Å². The number of ether oxygens (including phenoxy) is 1. The zero-order valence-corrected chi connectivity index (χ0v) is 22.3. The van der Waals surface area contributed by atoms with Crippen molar-refractivity contribution < 1.29 is 17.9 Å². The van der Waals surface area contributed by atoms with Crippen LogP contribution < -0.4 is 14.8 Å². The summed E-state index contributed by atoms with van der Waals surface area (Å²) in [6.07, 6.45) is 0. The number of nitrogens with zero attached hydrogens (tertiary/aromatic N) is 2. The number of sulfonamides is 1. The molecule has 0 fully saturated rings. The molecule has 1 amide bonds. The number of amides is 1. The van der Waals surface area contributed by atoms with Gasteiger partial charge in [0.25, 0.3) is 15.9 Å². The summed E-state index contributed by atoms with van der Waals surface area (Å²) in [6.45, 7) is 0.0989. The molecule has 1 heterocycles. The summed E-state index contributed by atoms with van der Waals surface area (Å²) >= 11 is 13.4. The van der Waals surface area contributed by atoms with E-state index in [1.807, 2.05) is 30.3 Å². The van der Waals surface area contributed by atoms with Crippen LogP contribution in [0.2, 0.25) is 10.0 Å². The van der Waals surface area contributed by atoms with Gasteiger partial charge >= 0.3 is 0 Å². The summed E-state index contributed by atoms with van der Waals surface area (Å²) in [5.74, 6) is 1.08. The second kappa shape index (κ2) is 12.3. The van der Waals surface area contributed by atoms with Crippen LogP contribution in [-0.2, 0) is 14.8 Å². The average molecular weight is 579 g/mol. The van der Waals surface area contributed by atoms with Crippen LogP contribution in [0.25, 0.3) is 11.4 Å². The van der Waals surface area contributed by atoms with Gasteiger partial charge < -0.3 is 10.1 Å². The first-order valence-electron chi connectivity index (χ1n) is 10.9. The van der Waals surface area contributed by atoms with E-state index in [9.17, 15) is 13.2 Å². The molecule has 4 rings (SSSR count). The highest BCUT2D eigenvalue weighted by molar-refractivity contribution is 7.99. The molecule has 0 unspecified atom stereocenters. The lowest BCUT2D eigenvalue weighted by Gasteiger charge is -2.11. The number of hydrogen-bond acceptors (Lipinski definition) is 7. The number of aromatic amines is 1. The van der Waals surface area contributed by atoms with Crippen LogP contribution in [0.1, 0.15) is 0 Å². The monoisotopic (exact) mass is 577 g/mol. The molecule has 3 N–H and O–H groups in total. The molecule has 0 atom stereocenters. The van der Waals surface area contributed by atoms with Gasteiger partial charge in [-0.25, -0.2) is 13.4 Å². The fourth-order valence-electron chi connectivity index (χ4n) is 3.06. The van der Waals surface area contributed by atoms with Crippen molar-refractivity contribution in [3.8, 4) is 17.1 Å². The van der Waals surface area contributed by atoms with E-state index < -0.39 is 10.0 Å². The SMILES string of the molecule is O=C(COc1ccc(S(=O)(=O)Nc2ccc(Cl)cc2)cc1Cl)NCCSc1n[nH]c(-c2ccccc2)n1. The van der Waals surface area contributed by atoms with E-state index in [0.29, 0.717) is 34.0 Å². The molecule has 0 spiro atoms. The number of rotatable bonds is 11. The molecule has 0 aliphatic heterocycles. The Bertz CT molecular complexity index is 1470.